The van der Waals surface area contributed by atoms with Gasteiger partial charge < -0.3 is 39.7 Å². The van der Waals surface area contributed by atoms with E-state index >= 15 is 8.78 Å². The zero-order valence-electron chi connectivity index (χ0n) is 46.3. The van der Waals surface area contributed by atoms with Crippen LogP contribution in [0.2, 0.25) is 0 Å². The molecule has 19 heteroatoms. The Bertz CT molecular complexity index is 3500. The van der Waals surface area contributed by atoms with E-state index in [2.05, 4.69) is 63.5 Å². The number of hydrogen-bond acceptors (Lipinski definition) is 15. The van der Waals surface area contributed by atoms with Gasteiger partial charge in [-0.1, -0.05) is 55.3 Å². The third kappa shape index (κ3) is 11.0. The Morgan fingerprint density at radius 3 is 2.42 bits per heavy atom. The van der Waals surface area contributed by atoms with Crippen molar-refractivity contribution in [2.75, 3.05) is 68.8 Å². The van der Waals surface area contributed by atoms with E-state index < -0.39 is 23.6 Å². The smallest absolute Gasteiger partial charge is 0.319 e. The zero-order chi connectivity index (χ0) is 56.1. The highest BCUT2D eigenvalue weighted by atomic mass is 32.1. The summed E-state index contributed by atoms with van der Waals surface area (Å²) in [5.41, 5.74) is 4.98. The lowest BCUT2D eigenvalue weighted by molar-refractivity contribution is -0.141. The minimum absolute atomic E-state index is 0.0241. The lowest BCUT2D eigenvalue weighted by Crippen LogP contribution is -2.51. The van der Waals surface area contributed by atoms with Crippen LogP contribution in [0.5, 0.6) is 11.8 Å². The maximum absolute atomic E-state index is 17.1. The summed E-state index contributed by atoms with van der Waals surface area (Å²) >= 11 is 1.61. The second-order valence-corrected chi connectivity index (χ2v) is 24.2. The van der Waals surface area contributed by atoms with Crippen molar-refractivity contribution in [1.29, 1.82) is 0 Å². The number of piperidine rings is 1. The van der Waals surface area contributed by atoms with Crippen molar-refractivity contribution in [3.63, 3.8) is 0 Å². The number of nitrogens with one attached hydrogen (secondary N) is 2. The van der Waals surface area contributed by atoms with Gasteiger partial charge in [0, 0.05) is 74.6 Å². The lowest BCUT2D eigenvalue weighted by atomic mass is 9.86. The number of anilines is 2. The monoisotopic (exact) mass is 1120 g/mol. The topological polar surface area (TPSA) is 178 Å². The molecule has 2 unspecified atom stereocenters. The van der Waals surface area contributed by atoms with E-state index in [0.717, 1.165) is 98.6 Å². The van der Waals surface area contributed by atoms with E-state index in [1.54, 1.807) is 22.4 Å². The number of pyridine rings is 1. The first-order valence-electron chi connectivity index (χ1n) is 28.7. The van der Waals surface area contributed by atoms with Gasteiger partial charge in [-0.2, -0.15) is 9.97 Å². The number of terminal acetylenes is 1. The number of likely N-dealkylation sites (tertiary alicyclic amines) is 2. The third-order valence-electron chi connectivity index (χ3n) is 17.6. The normalized spacial score (nSPS) is 20.5. The van der Waals surface area contributed by atoms with Crippen molar-refractivity contribution >= 4 is 56.5 Å². The number of aryl methyl sites for hydroxylation is 1. The molecule has 7 aromatic rings. The number of nitrogens with zero attached hydrogens (tertiary/aromatic N) is 9. The number of fused-ring (bicyclic) bond motifs is 4. The van der Waals surface area contributed by atoms with E-state index in [9.17, 15) is 14.7 Å². The predicted molar refractivity (Wildman–Crippen MR) is 309 cm³/mol. The van der Waals surface area contributed by atoms with E-state index in [1.165, 1.54) is 24.3 Å². The summed E-state index contributed by atoms with van der Waals surface area (Å²) in [6.45, 7) is 14.6. The Balaban J connectivity index is 0.625. The molecule has 5 aliphatic rings. The van der Waals surface area contributed by atoms with Crippen LogP contribution >= 0.6 is 11.3 Å². The second kappa shape index (κ2) is 22.9. The molecule has 12 rings (SSSR count). The maximum Gasteiger partial charge on any atom is 0.319 e. The van der Waals surface area contributed by atoms with Crippen molar-refractivity contribution < 1.29 is 32.7 Å². The molecule has 9 heterocycles. The van der Waals surface area contributed by atoms with Gasteiger partial charge in [0.15, 0.2) is 17.4 Å². The van der Waals surface area contributed by atoms with Crippen LogP contribution in [0, 0.1) is 48.7 Å². The molecule has 4 aromatic heterocycles. The average molecular weight is 1120 g/mol. The summed E-state index contributed by atoms with van der Waals surface area (Å²) in [6, 6.07) is 15.6. The van der Waals surface area contributed by atoms with Gasteiger partial charge in [-0.3, -0.25) is 19.5 Å². The second-order valence-electron chi connectivity index (χ2n) is 23.3. The van der Waals surface area contributed by atoms with Crippen LogP contribution < -0.4 is 25.2 Å². The van der Waals surface area contributed by atoms with Gasteiger partial charge in [-0.25, -0.2) is 13.8 Å². The number of hydrogen-bond donors (Lipinski definition) is 3. The number of phenolic OH excluding ortho intramolecular Hbond substituents is 1. The molecule has 5 aliphatic heterocycles. The predicted octanol–water partition coefficient (Wildman–Crippen LogP) is 9.79. The summed E-state index contributed by atoms with van der Waals surface area (Å²) < 4.78 is 44.3. The summed E-state index contributed by atoms with van der Waals surface area (Å²) in [5.74, 6) is 3.06. The summed E-state index contributed by atoms with van der Waals surface area (Å²) in [5, 5.41) is 23.2. The van der Waals surface area contributed by atoms with E-state index in [-0.39, 0.29) is 75.3 Å². The van der Waals surface area contributed by atoms with E-state index in [1.807, 2.05) is 51.4 Å². The standard InChI is InChI=1S/C62H69F2N11O5S/c1-6-46-49(63)18-15-42-26-45(76)27-47(54(42)46)56-55(64)57-48(29-65-56)59(74-32-43-16-17-44(33-74)68-43)70-62(69-57)79-25-24-72-22-19-38(20-23-72)9-10-39-30-73(31-39)52-28-51(80-71-52)53(35(2)3)61(78)75-21-7-8-50(75)60(77)67-36(4)40-11-13-41(14-12-40)58-37(5)66-34-81-58/h1,11-15,18,26-29,34-36,38-39,43-44,50,53,68,76H,7-10,16-17,19-25,30-33H2,2-5H3,(H,67,77)/t36-,43?,44?,50-,53+/m0/s1. The highest BCUT2D eigenvalue weighted by molar-refractivity contribution is 7.13. The molecule has 16 nitrogen and oxygen atoms in total. The molecule has 0 saturated carbocycles. The highest BCUT2D eigenvalue weighted by Gasteiger charge is 2.42. The first kappa shape index (κ1) is 54.3. The van der Waals surface area contributed by atoms with Crippen molar-refractivity contribution in [3.05, 3.63) is 101 Å². The number of halogens is 2. The molecule has 422 valence electrons. The Labute approximate surface area is 474 Å². The minimum atomic E-state index is -0.742. The van der Waals surface area contributed by atoms with Gasteiger partial charge in [-0.05, 0) is 131 Å². The fourth-order valence-corrected chi connectivity index (χ4v) is 13.9. The molecule has 5 atom stereocenters. The Kier molecular flexibility index (Phi) is 15.4. The molecule has 5 fully saturated rings. The number of aromatic nitrogens is 5. The maximum atomic E-state index is 17.1. The number of amides is 2. The molecule has 3 aromatic carbocycles. The molecule has 81 heavy (non-hydrogen) atoms. The minimum Gasteiger partial charge on any atom is -0.508 e. The van der Waals surface area contributed by atoms with Gasteiger partial charge >= 0.3 is 6.01 Å². The van der Waals surface area contributed by atoms with Gasteiger partial charge in [0.2, 0.25) is 11.8 Å². The molecule has 0 radical (unpaired) electrons. The van der Waals surface area contributed by atoms with Crippen molar-refractivity contribution in [1.82, 2.24) is 45.5 Å². The Morgan fingerprint density at radius 2 is 1.69 bits per heavy atom. The van der Waals surface area contributed by atoms with Crippen LogP contribution in [0.25, 0.3) is 43.4 Å². The Morgan fingerprint density at radius 1 is 0.926 bits per heavy atom. The summed E-state index contributed by atoms with van der Waals surface area (Å²) in [7, 11) is 0. The molecule has 3 N–H and O–H groups in total. The highest BCUT2D eigenvalue weighted by Crippen LogP contribution is 2.41. The first-order valence-corrected chi connectivity index (χ1v) is 29.6. The molecule has 0 aliphatic carbocycles. The largest absolute Gasteiger partial charge is 0.508 e. The fourth-order valence-electron chi connectivity index (χ4n) is 13.1. The quantitative estimate of drug-likeness (QED) is 0.0734. The van der Waals surface area contributed by atoms with E-state index in [0.29, 0.717) is 73.4 Å². The van der Waals surface area contributed by atoms with Gasteiger partial charge in [-0.15, -0.1) is 17.8 Å². The van der Waals surface area contributed by atoms with E-state index in [4.69, 9.17) is 20.7 Å². The number of rotatable bonds is 17. The zero-order valence-corrected chi connectivity index (χ0v) is 47.2. The van der Waals surface area contributed by atoms with Crippen molar-refractivity contribution in [3.8, 4) is 45.8 Å². The van der Waals surface area contributed by atoms with Crippen LogP contribution in [0.3, 0.4) is 0 Å². The van der Waals surface area contributed by atoms with Gasteiger partial charge in [0.1, 0.15) is 47.2 Å². The van der Waals surface area contributed by atoms with Gasteiger partial charge in [0.05, 0.1) is 33.1 Å². The lowest BCUT2D eigenvalue weighted by Gasteiger charge is -2.40. The SMILES string of the molecule is C#Cc1c(F)ccc2cc(O)cc(-c3ncc4c(N5CC6CCC(C5)N6)nc(OCCN5CCC(CCC6CN(c7cc([C@H](C(=O)N8CCC[C@H]8C(=O)N[C@@H](C)c8ccc(-c9scnc9C)cc8)C(C)C)on7)C6)CC5)nc4c3F)c12. The number of carbonyl (C=O) groups excluding carboxylic acids is 2. The Hall–Kier alpha value is -7.27. The van der Waals surface area contributed by atoms with Crippen molar-refractivity contribution in [2.45, 2.75) is 109 Å². The average Bonchev–Trinajstić information content (AvgIpc) is 4.32. The number of aromatic hydroxyl groups is 1. The molecular formula is C62H69F2N11O5S. The van der Waals surface area contributed by atoms with Crippen LogP contribution in [0.4, 0.5) is 20.4 Å². The van der Waals surface area contributed by atoms with Crippen LogP contribution in [0.1, 0.15) is 107 Å². The number of ether oxygens (including phenoxy) is 1. The number of benzene rings is 3. The third-order valence-corrected chi connectivity index (χ3v) is 18.6. The fraction of sp³-hybridized carbons (Fsp3) is 0.468. The summed E-state index contributed by atoms with van der Waals surface area (Å²) in [4.78, 5) is 56.3. The van der Waals surface area contributed by atoms with Crippen LogP contribution in [0.15, 0.2) is 70.8 Å². The number of thiazole rings is 1. The summed E-state index contributed by atoms with van der Waals surface area (Å²) in [6.07, 6.45) is 15.2. The molecule has 0 spiro atoms. The number of carbonyl (C=O) groups is 2. The molecule has 2 amide bonds. The van der Waals surface area contributed by atoms with Gasteiger partial charge in [0.25, 0.3) is 0 Å². The number of phenols is 1. The number of piperazine rings is 1. The van der Waals surface area contributed by atoms with Crippen LogP contribution in [-0.2, 0) is 9.59 Å². The first-order chi connectivity index (χ1) is 39.3. The van der Waals surface area contributed by atoms with Crippen molar-refractivity contribution in [2.24, 2.45) is 17.8 Å². The molecule has 5 saturated heterocycles. The molecule has 2 bridgehead atoms. The molecular weight excluding hydrogens is 1050 g/mol. The van der Waals surface area contributed by atoms with Crippen LogP contribution in [-0.4, -0.2) is 129 Å².